The van der Waals surface area contributed by atoms with Gasteiger partial charge < -0.3 is 15.3 Å². The van der Waals surface area contributed by atoms with Crippen LogP contribution >= 0.6 is 0 Å². The molecule has 0 radical (unpaired) electrons. The van der Waals surface area contributed by atoms with E-state index in [2.05, 4.69) is 31.0 Å². The Balaban J connectivity index is 3.67. The first-order chi connectivity index (χ1) is 7.99. The lowest BCUT2D eigenvalue weighted by Crippen LogP contribution is -2.41. The summed E-state index contributed by atoms with van der Waals surface area (Å²) in [6.07, 6.45) is 2.28. The van der Waals surface area contributed by atoms with Crippen molar-refractivity contribution >= 4 is 10.8 Å². The summed E-state index contributed by atoms with van der Waals surface area (Å²) in [6, 6.07) is 0.310. The van der Waals surface area contributed by atoms with Crippen LogP contribution in [0.25, 0.3) is 0 Å². The van der Waals surface area contributed by atoms with Gasteiger partial charge in [0.25, 0.3) is 0 Å². The lowest BCUT2D eigenvalue weighted by atomic mass is 10.2. The minimum Gasteiger partial charge on any atom is -0.390 e. The number of nitrogens with zero attached hydrogens (tertiary/aromatic N) is 1. The standard InChI is InChI=1S/C12H28N2O2S/c1-5-14(6-2)10-12(15)9-13-11(3)7-8-17(4)16/h11-13,15H,5-10H2,1-4H3. The number of hydrogen-bond donors (Lipinski definition) is 2. The van der Waals surface area contributed by atoms with Gasteiger partial charge in [-0.15, -0.1) is 0 Å². The summed E-state index contributed by atoms with van der Waals surface area (Å²) in [7, 11) is -0.723. The monoisotopic (exact) mass is 264 g/mol. The van der Waals surface area contributed by atoms with E-state index in [4.69, 9.17) is 0 Å². The predicted molar refractivity (Wildman–Crippen MR) is 74.8 cm³/mol. The molecular formula is C12H28N2O2S. The smallest absolute Gasteiger partial charge is 0.0791 e. The Labute approximate surface area is 108 Å². The summed E-state index contributed by atoms with van der Waals surface area (Å²) in [5.74, 6) is 0.723. The Morgan fingerprint density at radius 3 is 2.41 bits per heavy atom. The first-order valence-electron chi connectivity index (χ1n) is 6.43. The van der Waals surface area contributed by atoms with Gasteiger partial charge in [-0.2, -0.15) is 0 Å². The summed E-state index contributed by atoms with van der Waals surface area (Å²) >= 11 is 0. The van der Waals surface area contributed by atoms with Crippen LogP contribution in [0.15, 0.2) is 0 Å². The Kier molecular flexibility index (Phi) is 10.0. The van der Waals surface area contributed by atoms with Gasteiger partial charge in [0.2, 0.25) is 0 Å². The number of nitrogens with one attached hydrogen (secondary N) is 1. The lowest BCUT2D eigenvalue weighted by molar-refractivity contribution is 0.114. The fourth-order valence-electron chi connectivity index (χ4n) is 1.63. The summed E-state index contributed by atoms with van der Waals surface area (Å²) in [5.41, 5.74) is 0. The van der Waals surface area contributed by atoms with Gasteiger partial charge in [-0.1, -0.05) is 13.8 Å². The Hall–Kier alpha value is 0.0300. The Morgan fingerprint density at radius 1 is 1.35 bits per heavy atom. The molecule has 0 saturated heterocycles. The summed E-state index contributed by atoms with van der Waals surface area (Å²) in [4.78, 5) is 2.21. The molecule has 0 aliphatic rings. The van der Waals surface area contributed by atoms with Crippen LogP contribution in [-0.4, -0.2) is 64.5 Å². The van der Waals surface area contributed by atoms with E-state index in [1.165, 1.54) is 0 Å². The first kappa shape index (κ1) is 17.0. The Bertz CT molecular complexity index is 211. The van der Waals surface area contributed by atoms with E-state index in [0.29, 0.717) is 19.1 Å². The van der Waals surface area contributed by atoms with Gasteiger partial charge in [0, 0.05) is 41.9 Å². The molecule has 3 unspecified atom stereocenters. The van der Waals surface area contributed by atoms with Crippen molar-refractivity contribution in [1.29, 1.82) is 0 Å². The molecule has 4 nitrogen and oxygen atoms in total. The zero-order chi connectivity index (χ0) is 13.3. The average Bonchev–Trinajstić information content (AvgIpc) is 2.30. The van der Waals surface area contributed by atoms with Crippen LogP contribution in [0, 0.1) is 0 Å². The van der Waals surface area contributed by atoms with Crippen LogP contribution in [0.1, 0.15) is 27.2 Å². The fraction of sp³-hybridized carbons (Fsp3) is 1.00. The molecule has 0 fully saturated rings. The maximum atomic E-state index is 10.9. The molecule has 5 heteroatoms. The van der Waals surface area contributed by atoms with Crippen molar-refractivity contribution in [2.45, 2.75) is 39.3 Å². The van der Waals surface area contributed by atoms with Gasteiger partial charge in [-0.05, 0) is 26.4 Å². The molecule has 0 amide bonds. The second-order valence-electron chi connectivity index (χ2n) is 4.51. The third-order valence-electron chi connectivity index (χ3n) is 2.90. The van der Waals surface area contributed by atoms with Crippen molar-refractivity contribution in [2.24, 2.45) is 0 Å². The summed E-state index contributed by atoms with van der Waals surface area (Å²) in [6.45, 7) is 9.53. The third-order valence-corrected chi connectivity index (χ3v) is 3.71. The highest BCUT2D eigenvalue weighted by Crippen LogP contribution is 1.95. The highest BCUT2D eigenvalue weighted by molar-refractivity contribution is 7.84. The molecule has 0 saturated carbocycles. The first-order valence-corrected chi connectivity index (χ1v) is 8.16. The molecule has 0 rings (SSSR count). The molecule has 0 aromatic carbocycles. The molecule has 0 aromatic heterocycles. The Morgan fingerprint density at radius 2 is 1.94 bits per heavy atom. The topological polar surface area (TPSA) is 52.6 Å². The van der Waals surface area contributed by atoms with Crippen molar-refractivity contribution in [3.63, 3.8) is 0 Å². The molecule has 2 N–H and O–H groups in total. The number of hydrogen-bond acceptors (Lipinski definition) is 4. The number of aliphatic hydroxyl groups excluding tert-OH is 1. The molecule has 17 heavy (non-hydrogen) atoms. The SMILES string of the molecule is CCN(CC)CC(O)CNC(C)CCS(C)=O. The maximum Gasteiger partial charge on any atom is 0.0791 e. The molecule has 0 spiro atoms. The van der Waals surface area contributed by atoms with Gasteiger partial charge in [0.1, 0.15) is 0 Å². The highest BCUT2D eigenvalue weighted by Gasteiger charge is 2.10. The quantitative estimate of drug-likeness (QED) is 0.601. The van der Waals surface area contributed by atoms with E-state index in [1.54, 1.807) is 6.26 Å². The number of rotatable bonds is 10. The van der Waals surface area contributed by atoms with E-state index >= 15 is 0 Å². The predicted octanol–water partition coefficient (Wildman–Crippen LogP) is 0.436. The van der Waals surface area contributed by atoms with Gasteiger partial charge >= 0.3 is 0 Å². The van der Waals surface area contributed by atoms with Crippen molar-refractivity contribution in [3.8, 4) is 0 Å². The van der Waals surface area contributed by atoms with Gasteiger partial charge in [0.15, 0.2) is 0 Å². The average molecular weight is 264 g/mol. The summed E-state index contributed by atoms with van der Waals surface area (Å²) in [5, 5.41) is 13.1. The van der Waals surface area contributed by atoms with Crippen LogP contribution in [0.3, 0.4) is 0 Å². The minimum absolute atomic E-state index is 0.310. The van der Waals surface area contributed by atoms with Crippen molar-refractivity contribution in [3.05, 3.63) is 0 Å². The second kappa shape index (κ2) is 10.00. The van der Waals surface area contributed by atoms with Crippen LogP contribution in [0.4, 0.5) is 0 Å². The van der Waals surface area contributed by atoms with Crippen LogP contribution in [0.2, 0.25) is 0 Å². The zero-order valence-electron chi connectivity index (χ0n) is 11.6. The molecular weight excluding hydrogens is 236 g/mol. The fourth-order valence-corrected chi connectivity index (χ4v) is 2.31. The number of likely N-dealkylation sites (N-methyl/N-ethyl adjacent to an activating group) is 1. The number of aliphatic hydroxyl groups is 1. The van der Waals surface area contributed by atoms with Gasteiger partial charge in [-0.3, -0.25) is 4.21 Å². The second-order valence-corrected chi connectivity index (χ2v) is 6.07. The van der Waals surface area contributed by atoms with E-state index in [1.807, 2.05) is 0 Å². The molecule has 0 heterocycles. The van der Waals surface area contributed by atoms with Crippen LogP contribution < -0.4 is 5.32 Å². The van der Waals surface area contributed by atoms with Crippen LogP contribution in [-0.2, 0) is 10.8 Å². The maximum absolute atomic E-state index is 10.9. The molecule has 0 bridgehead atoms. The molecule has 0 aliphatic carbocycles. The van der Waals surface area contributed by atoms with E-state index < -0.39 is 10.8 Å². The van der Waals surface area contributed by atoms with Gasteiger partial charge in [0.05, 0.1) is 6.10 Å². The third kappa shape index (κ3) is 9.71. The van der Waals surface area contributed by atoms with E-state index in [-0.39, 0.29) is 6.10 Å². The van der Waals surface area contributed by atoms with E-state index in [0.717, 1.165) is 25.3 Å². The molecule has 0 aliphatic heterocycles. The van der Waals surface area contributed by atoms with E-state index in [9.17, 15) is 9.32 Å². The van der Waals surface area contributed by atoms with Crippen molar-refractivity contribution in [1.82, 2.24) is 10.2 Å². The molecule has 0 aromatic rings. The van der Waals surface area contributed by atoms with Crippen LogP contribution in [0.5, 0.6) is 0 Å². The molecule has 104 valence electrons. The van der Waals surface area contributed by atoms with Gasteiger partial charge in [-0.25, -0.2) is 0 Å². The van der Waals surface area contributed by atoms with Crippen molar-refractivity contribution in [2.75, 3.05) is 38.2 Å². The largest absolute Gasteiger partial charge is 0.390 e. The highest BCUT2D eigenvalue weighted by atomic mass is 32.2. The lowest BCUT2D eigenvalue weighted by Gasteiger charge is -2.23. The molecule has 3 atom stereocenters. The minimum atomic E-state index is -0.723. The van der Waals surface area contributed by atoms with Crippen molar-refractivity contribution < 1.29 is 9.32 Å². The normalized spacial score (nSPS) is 17.1. The zero-order valence-corrected chi connectivity index (χ0v) is 12.4. The summed E-state index contributed by atoms with van der Waals surface area (Å²) < 4.78 is 10.9.